The van der Waals surface area contributed by atoms with Crippen LogP contribution in [0.25, 0.3) is 0 Å². The molecule has 16 bridgehead atoms. The molecule has 24 rings (SSSR count). The molecule has 148 heavy (non-hydrogen) atoms. The van der Waals surface area contributed by atoms with E-state index in [2.05, 4.69) is 100 Å². The SMILES string of the molecule is CC(C)(C)c1ccc([S+]2CCOCC2)cc1.CC(OC(=O)C12CC3CC(CC(C3)C1)C2)C(F)(F)S(=O)(=O)[O-].CC(OC(=O)C12CC3CC(CC(C3)C1)C2)C(F)(F)S(=O)(=O)[O-].CC(OC(=O)C12CC3CC(CC(C3)C1)C2)C(F)(F)S(=O)(=O)[O-].CC(OC(=O)C12CC3CC(CC(C3)C1)C2)C(F)(F)S(=O)(=O)[O-].COCCOc1ccc([S+]2CCOCC2)cc1.COc1ccc([S+]2CCOCC2)cc1.Cc1ccc([S+]2CCOCC2)cc1. The Balaban J connectivity index is 0.000000142. The molecule has 0 N–H and O–H groups in total. The van der Waals surface area contributed by atoms with Crippen molar-refractivity contribution in [3.05, 3.63) is 108 Å². The highest BCUT2D eigenvalue weighted by atomic mass is 32.2. The highest BCUT2D eigenvalue weighted by Gasteiger charge is 2.63. The molecule has 43 heteroatoms. The number of benzene rings is 4. The molecule has 0 amide bonds. The van der Waals surface area contributed by atoms with Gasteiger partial charge < -0.3 is 70.3 Å². The summed E-state index contributed by atoms with van der Waals surface area (Å²) < 4.78 is 291. The fraction of sp³-hybridized carbons (Fsp3) is 0.733. The fourth-order valence-electron chi connectivity index (χ4n) is 26.3. The molecule has 0 aromatic heterocycles. The standard InChI is InChI=1S/4C14H20F2O5S.C14H21OS.C13H19O3S.C11H15O2S.C11H15OS/c4*1-8(14(15,16)22(18,19)20)21-12(17)13-5-9-2-10(6-13)4-11(3-9)7-13;1-14(2,3)12-4-6-13(7-5-12)16-10-8-15-9-11-16;1-14-6-7-16-12-2-4-13(5-3-12)17-10-8-15-9-11-17;1-12-10-2-4-11(5-3-10)14-8-6-13-7-9-14;1-10-2-4-11(5-3-10)13-8-6-12-7-9-13/h4*8-11H,2-7H2,1H3,(H,18,19,20);4-7H,8-11H2,1-3H3;2-5H,6-11H2,1H3;2-5H,6-9H2,1H3;2-5H,6-9H2,1H3/q;;;;4*+1/p-4. The molecule has 0 spiro atoms. The molecule has 4 unspecified atom stereocenters. The highest BCUT2D eigenvalue weighted by molar-refractivity contribution is 7.98. The summed E-state index contributed by atoms with van der Waals surface area (Å²) in [6, 6.07) is 35.0. The molecule has 20 fully saturated rings. The van der Waals surface area contributed by atoms with Gasteiger partial charge in [-0.15, -0.1) is 0 Å². The quantitative estimate of drug-likeness (QED) is 0.0148. The minimum Gasteiger partial charge on any atom is -0.743 e. The molecule has 4 saturated heterocycles. The largest absolute Gasteiger partial charge is 0.743 e. The first-order valence-electron chi connectivity index (χ1n) is 51.6. The van der Waals surface area contributed by atoms with Crippen LogP contribution in [0.5, 0.6) is 11.5 Å². The Morgan fingerprint density at radius 2 is 0.514 bits per heavy atom. The van der Waals surface area contributed by atoms with E-state index in [-0.39, 0.29) is 5.41 Å². The molecular formula is C105H146F8O27S8. The van der Waals surface area contributed by atoms with Crippen molar-refractivity contribution < 1.29 is 158 Å². The number of carbonyl (C=O) groups is 4. The Kier molecular flexibility index (Phi) is 40.1. The van der Waals surface area contributed by atoms with E-state index in [1.165, 1.54) is 65.2 Å². The number of carbonyl (C=O) groups excluding carboxylic acids is 4. The molecule has 16 saturated carbocycles. The number of aryl methyl sites for hydroxylation is 1. The first kappa shape index (κ1) is 120. The maximum absolute atomic E-state index is 13.5. The van der Waals surface area contributed by atoms with Crippen LogP contribution < -0.4 is 9.47 Å². The molecule has 16 aliphatic carbocycles. The maximum Gasteiger partial charge on any atom is 0.369 e. The van der Waals surface area contributed by atoms with E-state index in [1.54, 1.807) is 14.2 Å². The lowest BCUT2D eigenvalue weighted by Crippen LogP contribution is -2.52. The maximum atomic E-state index is 13.5. The van der Waals surface area contributed by atoms with Crippen LogP contribution in [0.4, 0.5) is 35.1 Å². The Hall–Kier alpha value is -5.36. The zero-order valence-electron chi connectivity index (χ0n) is 86.0. The third-order valence-electron chi connectivity index (χ3n) is 32.6. The van der Waals surface area contributed by atoms with Crippen molar-refractivity contribution in [1.29, 1.82) is 0 Å². The van der Waals surface area contributed by atoms with Crippen LogP contribution in [0, 0.1) is 99.6 Å². The lowest BCUT2D eigenvalue weighted by Gasteiger charge is -2.55. The zero-order valence-corrected chi connectivity index (χ0v) is 92.5. The topological polar surface area (TPSA) is 399 Å². The van der Waals surface area contributed by atoms with Gasteiger partial charge in [0.25, 0.3) is 0 Å². The van der Waals surface area contributed by atoms with Crippen LogP contribution in [0.15, 0.2) is 117 Å². The Morgan fingerprint density at radius 3 is 0.696 bits per heavy atom. The molecule has 4 aliphatic heterocycles. The molecule has 0 radical (unpaired) electrons. The minimum absolute atomic E-state index is 0.261. The van der Waals surface area contributed by atoms with Gasteiger partial charge in [-0.1, -0.05) is 50.6 Å². The third-order valence-corrected chi connectivity index (χ3v) is 45.6. The molecule has 4 aromatic carbocycles. The average molecular weight is 2250 g/mol. The summed E-state index contributed by atoms with van der Waals surface area (Å²) in [5, 5.41) is -18.4. The molecule has 4 atom stereocenters. The van der Waals surface area contributed by atoms with E-state index in [0.717, 1.165) is 181 Å². The normalized spacial score (nSPS) is 30.4. The number of methoxy groups -OCH3 is 2. The number of halogens is 8. The zero-order chi connectivity index (χ0) is 108. The van der Waals surface area contributed by atoms with Crippen LogP contribution >= 0.6 is 0 Å². The van der Waals surface area contributed by atoms with E-state index >= 15 is 0 Å². The number of esters is 4. The lowest BCUT2D eigenvalue weighted by molar-refractivity contribution is -0.186. The van der Waals surface area contributed by atoms with Crippen molar-refractivity contribution in [2.45, 2.75) is 280 Å². The van der Waals surface area contributed by atoms with Gasteiger partial charge in [-0.05, 0) is 344 Å². The fourth-order valence-corrected chi connectivity index (χ4v) is 35.5. The predicted molar refractivity (Wildman–Crippen MR) is 541 cm³/mol. The van der Waals surface area contributed by atoms with E-state index in [9.17, 15) is 106 Å². The van der Waals surface area contributed by atoms with Crippen LogP contribution in [0.2, 0.25) is 0 Å². The minimum atomic E-state index is -5.86. The van der Waals surface area contributed by atoms with Crippen LogP contribution in [-0.2, 0) is 151 Å². The number of ether oxygens (including phenoxy) is 11. The number of rotatable bonds is 25. The number of alkyl halides is 8. The average Bonchev–Trinajstić information content (AvgIpc) is 0.746. The second kappa shape index (κ2) is 49.6. The van der Waals surface area contributed by atoms with Gasteiger partial charge >= 0.3 is 44.9 Å². The molecule has 20 aliphatic rings. The van der Waals surface area contributed by atoms with Gasteiger partial charge in [-0.2, -0.15) is 35.1 Å². The first-order valence-corrected chi connectivity index (χ1v) is 63.5. The second-order valence-corrected chi connectivity index (χ2v) is 59.6. The van der Waals surface area contributed by atoms with E-state index < -0.39 is 131 Å². The summed E-state index contributed by atoms with van der Waals surface area (Å²) in [6.07, 6.45) is 11.3. The summed E-state index contributed by atoms with van der Waals surface area (Å²) in [7, 11) is -18.4. The Morgan fingerprint density at radius 1 is 0.324 bits per heavy atom. The van der Waals surface area contributed by atoms with E-state index in [0.29, 0.717) is 205 Å². The van der Waals surface area contributed by atoms with Gasteiger partial charge in [0.15, 0.2) is 84.5 Å². The molecule has 4 heterocycles. The van der Waals surface area contributed by atoms with Gasteiger partial charge in [-0.25, -0.2) is 33.7 Å². The second-order valence-electron chi connectivity index (χ2n) is 44.7. The van der Waals surface area contributed by atoms with Gasteiger partial charge in [0.2, 0.25) is 0 Å². The molecule has 4 aromatic rings. The van der Waals surface area contributed by atoms with E-state index in [1.807, 2.05) is 24.3 Å². The van der Waals surface area contributed by atoms with Crippen LogP contribution in [0.1, 0.15) is 214 Å². The Labute approximate surface area is 878 Å². The van der Waals surface area contributed by atoms with Crippen molar-refractivity contribution in [3.8, 4) is 11.5 Å². The van der Waals surface area contributed by atoms with Gasteiger partial charge in [0.05, 0.1) is 88.2 Å². The highest BCUT2D eigenvalue weighted by Crippen LogP contribution is 2.65. The summed E-state index contributed by atoms with van der Waals surface area (Å²) in [6.45, 7) is 20.6. The summed E-state index contributed by atoms with van der Waals surface area (Å²) in [4.78, 5) is 55.6. The summed E-state index contributed by atoms with van der Waals surface area (Å²) in [5.74, 6) is 13.4. The van der Waals surface area contributed by atoms with E-state index in [4.69, 9.17) is 52.1 Å². The van der Waals surface area contributed by atoms with Crippen LogP contribution in [0.3, 0.4) is 0 Å². The predicted octanol–water partition coefficient (Wildman–Crippen LogP) is 17.5. The van der Waals surface area contributed by atoms with Crippen LogP contribution in [-0.4, -0.2) is 248 Å². The summed E-state index contributed by atoms with van der Waals surface area (Å²) >= 11 is 0. The number of hydrogen-bond acceptors (Lipinski definition) is 27. The Bertz CT molecular complexity index is 4990. The van der Waals surface area contributed by atoms with Gasteiger partial charge in [0, 0.05) is 50.7 Å². The van der Waals surface area contributed by atoms with Crippen molar-refractivity contribution in [3.63, 3.8) is 0 Å². The molecule has 27 nitrogen and oxygen atoms in total. The smallest absolute Gasteiger partial charge is 0.369 e. The first-order chi connectivity index (χ1) is 69.4. The molecular weight excluding hydrogens is 2100 g/mol. The van der Waals surface area contributed by atoms with Gasteiger partial charge in [-0.3, -0.25) is 19.2 Å². The van der Waals surface area contributed by atoms with Gasteiger partial charge in [0.1, 0.15) is 64.1 Å². The van der Waals surface area contributed by atoms with Crippen molar-refractivity contribution >= 4 is 108 Å². The number of hydrogen-bond donors (Lipinski definition) is 0. The third kappa shape index (κ3) is 29.7. The molecule has 832 valence electrons. The van der Waals surface area contributed by atoms with Crippen molar-refractivity contribution in [1.82, 2.24) is 0 Å². The monoisotopic (exact) mass is 2250 g/mol. The van der Waals surface area contributed by atoms with Crippen molar-refractivity contribution in [2.75, 3.05) is 126 Å². The lowest BCUT2D eigenvalue weighted by atomic mass is 9.49. The summed E-state index contributed by atoms with van der Waals surface area (Å²) in [5.41, 5.74) is 0.000396. The van der Waals surface area contributed by atoms with Crippen molar-refractivity contribution in [2.24, 2.45) is 92.7 Å².